The summed E-state index contributed by atoms with van der Waals surface area (Å²) in [5.41, 5.74) is 7.19. The normalized spacial score (nSPS) is 10.7. The third-order valence-electron chi connectivity index (χ3n) is 2.21. The molecule has 5 nitrogen and oxygen atoms in total. The SMILES string of the molecule is CCn1ccc(-c2ccnc(SCCN)n2)n1. The van der Waals surface area contributed by atoms with Crippen molar-refractivity contribution in [3.63, 3.8) is 0 Å². The average Bonchev–Trinajstić information content (AvgIpc) is 2.85. The third kappa shape index (κ3) is 3.04. The number of nitrogens with zero attached hydrogens (tertiary/aromatic N) is 4. The molecule has 0 aliphatic carbocycles. The Balaban J connectivity index is 2.20. The molecule has 2 N–H and O–H groups in total. The fourth-order valence-corrected chi connectivity index (χ4v) is 1.98. The van der Waals surface area contributed by atoms with Gasteiger partial charge in [0.1, 0.15) is 5.69 Å². The van der Waals surface area contributed by atoms with Crippen molar-refractivity contribution in [3.05, 3.63) is 24.5 Å². The van der Waals surface area contributed by atoms with Gasteiger partial charge >= 0.3 is 0 Å². The van der Waals surface area contributed by atoms with E-state index in [0.717, 1.165) is 28.8 Å². The molecule has 0 fully saturated rings. The Bertz CT molecular complexity index is 482. The standard InChI is InChI=1S/C11H15N5S/c1-2-16-7-4-10(15-16)9-3-6-13-11(14-9)17-8-5-12/h3-4,6-7H,2,5,8,12H2,1H3. The summed E-state index contributed by atoms with van der Waals surface area (Å²) in [5.74, 6) is 0.826. The lowest BCUT2D eigenvalue weighted by Gasteiger charge is -2.00. The topological polar surface area (TPSA) is 69.6 Å². The number of rotatable bonds is 5. The molecule has 90 valence electrons. The molecule has 0 atom stereocenters. The lowest BCUT2D eigenvalue weighted by atomic mass is 10.3. The van der Waals surface area contributed by atoms with Crippen molar-refractivity contribution >= 4 is 11.8 Å². The third-order valence-corrected chi connectivity index (χ3v) is 3.10. The van der Waals surface area contributed by atoms with Crippen molar-refractivity contribution in [1.29, 1.82) is 0 Å². The van der Waals surface area contributed by atoms with Crippen LogP contribution in [0.2, 0.25) is 0 Å². The van der Waals surface area contributed by atoms with Gasteiger partial charge in [-0.3, -0.25) is 4.68 Å². The molecule has 0 spiro atoms. The maximum absolute atomic E-state index is 5.45. The highest BCUT2D eigenvalue weighted by atomic mass is 32.2. The molecule has 17 heavy (non-hydrogen) atoms. The summed E-state index contributed by atoms with van der Waals surface area (Å²) in [7, 11) is 0. The van der Waals surface area contributed by atoms with E-state index in [1.54, 1.807) is 18.0 Å². The minimum Gasteiger partial charge on any atom is -0.330 e. The molecule has 0 radical (unpaired) electrons. The second-order valence-corrected chi connectivity index (χ2v) is 4.48. The lowest BCUT2D eigenvalue weighted by Crippen LogP contribution is -2.02. The predicted octanol–water partition coefficient (Wildman–Crippen LogP) is 1.41. The highest BCUT2D eigenvalue weighted by molar-refractivity contribution is 7.99. The molecule has 0 bridgehead atoms. The van der Waals surface area contributed by atoms with Gasteiger partial charge < -0.3 is 5.73 Å². The van der Waals surface area contributed by atoms with Crippen molar-refractivity contribution in [2.75, 3.05) is 12.3 Å². The largest absolute Gasteiger partial charge is 0.330 e. The maximum Gasteiger partial charge on any atom is 0.188 e. The van der Waals surface area contributed by atoms with Gasteiger partial charge in [0.25, 0.3) is 0 Å². The van der Waals surface area contributed by atoms with Crippen LogP contribution in [0, 0.1) is 0 Å². The Morgan fingerprint density at radius 3 is 2.94 bits per heavy atom. The van der Waals surface area contributed by atoms with E-state index in [9.17, 15) is 0 Å². The molecule has 2 heterocycles. The fourth-order valence-electron chi connectivity index (χ4n) is 1.38. The van der Waals surface area contributed by atoms with Crippen LogP contribution in [-0.2, 0) is 6.54 Å². The van der Waals surface area contributed by atoms with E-state index in [0.29, 0.717) is 6.54 Å². The van der Waals surface area contributed by atoms with Crippen molar-refractivity contribution in [1.82, 2.24) is 19.7 Å². The zero-order valence-corrected chi connectivity index (χ0v) is 10.5. The Hall–Kier alpha value is -1.40. The van der Waals surface area contributed by atoms with E-state index in [-0.39, 0.29) is 0 Å². The molecule has 0 saturated heterocycles. The van der Waals surface area contributed by atoms with Crippen LogP contribution in [0.25, 0.3) is 11.4 Å². The fraction of sp³-hybridized carbons (Fsp3) is 0.364. The van der Waals surface area contributed by atoms with Crippen molar-refractivity contribution in [2.45, 2.75) is 18.6 Å². The Labute approximate surface area is 104 Å². The highest BCUT2D eigenvalue weighted by Gasteiger charge is 2.05. The molecule has 2 rings (SSSR count). The molecule has 6 heteroatoms. The zero-order chi connectivity index (χ0) is 12.1. The molecule has 0 aromatic carbocycles. The van der Waals surface area contributed by atoms with E-state index in [2.05, 4.69) is 22.0 Å². The lowest BCUT2D eigenvalue weighted by molar-refractivity contribution is 0.661. The van der Waals surface area contributed by atoms with Crippen LogP contribution in [0.15, 0.2) is 29.7 Å². The van der Waals surface area contributed by atoms with Gasteiger partial charge in [0.15, 0.2) is 5.16 Å². The molecule has 0 aliphatic heterocycles. The molecule has 0 saturated carbocycles. The Kier molecular flexibility index (Phi) is 4.11. The van der Waals surface area contributed by atoms with Gasteiger partial charge in [0.05, 0.1) is 5.69 Å². The number of aromatic nitrogens is 4. The number of thioether (sulfide) groups is 1. The predicted molar refractivity (Wildman–Crippen MR) is 68.7 cm³/mol. The van der Waals surface area contributed by atoms with Gasteiger partial charge in [-0.2, -0.15) is 5.10 Å². The van der Waals surface area contributed by atoms with Gasteiger partial charge in [-0.15, -0.1) is 0 Å². The maximum atomic E-state index is 5.45. The minimum atomic E-state index is 0.628. The molecular weight excluding hydrogens is 234 g/mol. The van der Waals surface area contributed by atoms with Crippen LogP contribution in [0.4, 0.5) is 0 Å². The smallest absolute Gasteiger partial charge is 0.188 e. The molecular formula is C11H15N5S. The molecule has 2 aromatic heterocycles. The molecule has 2 aromatic rings. The summed E-state index contributed by atoms with van der Waals surface area (Å²) in [6.45, 7) is 3.54. The van der Waals surface area contributed by atoms with E-state index in [1.165, 1.54) is 0 Å². The van der Waals surface area contributed by atoms with Crippen LogP contribution in [-0.4, -0.2) is 32.0 Å². The first-order valence-corrected chi connectivity index (χ1v) is 6.51. The summed E-state index contributed by atoms with van der Waals surface area (Å²) in [5, 5.41) is 5.16. The van der Waals surface area contributed by atoms with Gasteiger partial charge in [0, 0.05) is 31.2 Å². The van der Waals surface area contributed by atoms with E-state index >= 15 is 0 Å². The van der Waals surface area contributed by atoms with Gasteiger partial charge in [0.2, 0.25) is 0 Å². The van der Waals surface area contributed by atoms with E-state index in [4.69, 9.17) is 5.73 Å². The summed E-state index contributed by atoms with van der Waals surface area (Å²) < 4.78 is 1.88. The highest BCUT2D eigenvalue weighted by Crippen LogP contribution is 2.18. The average molecular weight is 249 g/mol. The first-order valence-electron chi connectivity index (χ1n) is 5.53. The Morgan fingerprint density at radius 1 is 1.35 bits per heavy atom. The van der Waals surface area contributed by atoms with Crippen LogP contribution in [0.1, 0.15) is 6.92 Å². The van der Waals surface area contributed by atoms with Crippen LogP contribution in [0.3, 0.4) is 0 Å². The monoisotopic (exact) mass is 249 g/mol. The summed E-state index contributed by atoms with van der Waals surface area (Å²) in [6.07, 6.45) is 3.70. The summed E-state index contributed by atoms with van der Waals surface area (Å²) in [4.78, 5) is 8.64. The van der Waals surface area contributed by atoms with Crippen molar-refractivity contribution < 1.29 is 0 Å². The first kappa shape index (κ1) is 12.1. The number of aryl methyl sites for hydroxylation is 1. The Morgan fingerprint density at radius 2 is 2.24 bits per heavy atom. The number of nitrogens with two attached hydrogens (primary N) is 1. The van der Waals surface area contributed by atoms with Gasteiger partial charge in [-0.1, -0.05) is 11.8 Å². The molecule has 0 amide bonds. The van der Waals surface area contributed by atoms with Crippen molar-refractivity contribution in [3.8, 4) is 11.4 Å². The van der Waals surface area contributed by atoms with Gasteiger partial charge in [-0.05, 0) is 19.1 Å². The number of hydrogen-bond donors (Lipinski definition) is 1. The number of hydrogen-bond acceptors (Lipinski definition) is 5. The first-order chi connectivity index (χ1) is 8.33. The molecule has 0 unspecified atom stereocenters. The van der Waals surface area contributed by atoms with Crippen LogP contribution < -0.4 is 5.73 Å². The summed E-state index contributed by atoms with van der Waals surface area (Å²) in [6, 6.07) is 3.83. The van der Waals surface area contributed by atoms with E-state index < -0.39 is 0 Å². The zero-order valence-electron chi connectivity index (χ0n) is 9.71. The van der Waals surface area contributed by atoms with Gasteiger partial charge in [-0.25, -0.2) is 9.97 Å². The van der Waals surface area contributed by atoms with E-state index in [1.807, 2.05) is 23.0 Å². The summed E-state index contributed by atoms with van der Waals surface area (Å²) >= 11 is 1.56. The van der Waals surface area contributed by atoms with Crippen LogP contribution >= 0.6 is 11.8 Å². The quantitative estimate of drug-likeness (QED) is 0.641. The second-order valence-electron chi connectivity index (χ2n) is 3.42. The van der Waals surface area contributed by atoms with Crippen LogP contribution in [0.5, 0.6) is 0 Å². The van der Waals surface area contributed by atoms with Crippen molar-refractivity contribution in [2.24, 2.45) is 5.73 Å². The molecule has 0 aliphatic rings. The second kappa shape index (κ2) is 5.79. The minimum absolute atomic E-state index is 0.628.